The van der Waals surface area contributed by atoms with Crippen LogP contribution in [-0.2, 0) is 6.54 Å². The first kappa shape index (κ1) is 15.6. The fourth-order valence-corrected chi connectivity index (χ4v) is 4.24. The van der Waals surface area contributed by atoms with E-state index in [9.17, 15) is 0 Å². The van der Waals surface area contributed by atoms with Crippen LogP contribution in [0.3, 0.4) is 0 Å². The zero-order chi connectivity index (χ0) is 16.4. The second-order valence-corrected chi connectivity index (χ2v) is 7.22. The minimum atomic E-state index is 0.518. The van der Waals surface area contributed by atoms with Crippen LogP contribution in [0, 0.1) is 6.92 Å². The maximum atomic E-state index is 4.85. The van der Waals surface area contributed by atoms with Gasteiger partial charge in [0.15, 0.2) is 0 Å². The molecule has 1 aromatic carbocycles. The molecular weight excluding hydrogens is 294 g/mol. The van der Waals surface area contributed by atoms with Gasteiger partial charge in [-0.05, 0) is 61.9 Å². The molecule has 2 aliphatic rings. The molecule has 0 saturated carbocycles. The smallest absolute Gasteiger partial charge is 0.131 e. The Kier molecular flexibility index (Phi) is 4.52. The van der Waals surface area contributed by atoms with Gasteiger partial charge in [0.2, 0.25) is 0 Å². The summed E-state index contributed by atoms with van der Waals surface area (Å²) in [6.45, 7) is 6.78. The van der Waals surface area contributed by atoms with E-state index in [1.165, 1.54) is 54.7 Å². The monoisotopic (exact) mass is 321 g/mol. The van der Waals surface area contributed by atoms with Crippen molar-refractivity contribution in [3.8, 4) is 0 Å². The van der Waals surface area contributed by atoms with Gasteiger partial charge in [0, 0.05) is 31.9 Å². The Bertz CT molecular complexity index is 677. The number of rotatable bonds is 4. The molecule has 0 aliphatic carbocycles. The quantitative estimate of drug-likeness (QED) is 0.835. The van der Waals surface area contributed by atoms with Crippen LogP contribution in [-0.4, -0.2) is 29.5 Å². The molecule has 0 spiro atoms. The average Bonchev–Trinajstić information content (AvgIpc) is 3.27. The van der Waals surface area contributed by atoms with E-state index in [1.54, 1.807) is 0 Å². The van der Waals surface area contributed by atoms with E-state index in [0.29, 0.717) is 6.04 Å². The minimum Gasteiger partial charge on any atom is -0.356 e. The van der Waals surface area contributed by atoms with E-state index in [0.717, 1.165) is 19.6 Å². The summed E-state index contributed by atoms with van der Waals surface area (Å²) >= 11 is 0. The van der Waals surface area contributed by atoms with Crippen LogP contribution in [0.5, 0.6) is 0 Å². The number of pyridine rings is 1. The molecule has 3 nitrogen and oxygen atoms in total. The van der Waals surface area contributed by atoms with Crippen LogP contribution in [0.2, 0.25) is 0 Å². The molecule has 2 aromatic rings. The van der Waals surface area contributed by atoms with Crippen molar-refractivity contribution < 1.29 is 0 Å². The van der Waals surface area contributed by atoms with Crippen LogP contribution >= 0.6 is 0 Å². The summed E-state index contributed by atoms with van der Waals surface area (Å²) in [6, 6.07) is 13.7. The Morgan fingerprint density at radius 2 is 1.83 bits per heavy atom. The lowest BCUT2D eigenvalue weighted by atomic mass is 10.0. The third kappa shape index (κ3) is 3.18. The van der Waals surface area contributed by atoms with Gasteiger partial charge in [-0.3, -0.25) is 4.90 Å². The average molecular weight is 321 g/mol. The van der Waals surface area contributed by atoms with Crippen molar-refractivity contribution in [3.63, 3.8) is 0 Å². The van der Waals surface area contributed by atoms with Crippen LogP contribution in [0.4, 0.5) is 5.82 Å². The molecular formula is C21H27N3. The largest absolute Gasteiger partial charge is 0.356 e. The molecule has 1 aromatic heterocycles. The number of benzene rings is 1. The van der Waals surface area contributed by atoms with Gasteiger partial charge in [-0.2, -0.15) is 0 Å². The molecule has 0 radical (unpaired) electrons. The zero-order valence-corrected chi connectivity index (χ0v) is 14.6. The molecule has 0 N–H and O–H groups in total. The van der Waals surface area contributed by atoms with Gasteiger partial charge in [-0.15, -0.1) is 0 Å². The molecule has 0 unspecified atom stereocenters. The Labute approximate surface area is 145 Å². The van der Waals surface area contributed by atoms with Crippen LogP contribution in [0.25, 0.3) is 0 Å². The van der Waals surface area contributed by atoms with E-state index in [2.05, 4.69) is 59.3 Å². The van der Waals surface area contributed by atoms with Gasteiger partial charge in [0.25, 0.3) is 0 Å². The summed E-state index contributed by atoms with van der Waals surface area (Å²) in [6.07, 6.45) is 7.27. The summed E-state index contributed by atoms with van der Waals surface area (Å²) in [5.41, 5.74) is 4.13. The summed E-state index contributed by atoms with van der Waals surface area (Å²) in [7, 11) is 0. The molecule has 2 saturated heterocycles. The highest BCUT2D eigenvalue weighted by Crippen LogP contribution is 2.34. The standard InChI is InChI=1S/C21H27N3/c1-17-14-19(15-22-21(17)23-11-5-6-12-23)20-10-7-13-24(20)16-18-8-3-2-4-9-18/h2-4,8-9,14-15,20H,5-7,10-13,16H2,1H3/t20-/m0/s1. The number of nitrogens with zero attached hydrogens (tertiary/aromatic N) is 3. The number of hydrogen-bond acceptors (Lipinski definition) is 3. The summed E-state index contributed by atoms with van der Waals surface area (Å²) in [4.78, 5) is 9.90. The predicted octanol–water partition coefficient (Wildman–Crippen LogP) is 4.33. The topological polar surface area (TPSA) is 19.4 Å². The molecule has 3 heterocycles. The molecule has 2 aliphatic heterocycles. The highest BCUT2D eigenvalue weighted by molar-refractivity contribution is 5.48. The second kappa shape index (κ2) is 6.94. The van der Waals surface area contributed by atoms with Crippen molar-refractivity contribution >= 4 is 5.82 Å². The number of likely N-dealkylation sites (tertiary alicyclic amines) is 1. The van der Waals surface area contributed by atoms with Gasteiger partial charge < -0.3 is 4.90 Å². The van der Waals surface area contributed by atoms with Crippen LogP contribution in [0.15, 0.2) is 42.6 Å². The number of aryl methyl sites for hydroxylation is 1. The first-order valence-corrected chi connectivity index (χ1v) is 9.31. The lowest BCUT2D eigenvalue weighted by Crippen LogP contribution is -2.24. The van der Waals surface area contributed by atoms with E-state index in [1.807, 2.05) is 0 Å². The van der Waals surface area contributed by atoms with Gasteiger partial charge in [-0.1, -0.05) is 30.3 Å². The van der Waals surface area contributed by atoms with E-state index in [4.69, 9.17) is 4.98 Å². The predicted molar refractivity (Wildman–Crippen MR) is 99.2 cm³/mol. The number of aromatic nitrogens is 1. The highest BCUT2D eigenvalue weighted by atomic mass is 15.2. The van der Waals surface area contributed by atoms with Crippen molar-refractivity contribution in [2.45, 2.75) is 45.2 Å². The zero-order valence-electron chi connectivity index (χ0n) is 14.6. The minimum absolute atomic E-state index is 0.518. The van der Waals surface area contributed by atoms with Crippen molar-refractivity contribution in [2.75, 3.05) is 24.5 Å². The first-order chi connectivity index (χ1) is 11.8. The summed E-state index contributed by atoms with van der Waals surface area (Å²) < 4.78 is 0. The SMILES string of the molecule is Cc1cc([C@@H]2CCCN2Cc2ccccc2)cnc1N1CCCC1. The fourth-order valence-electron chi connectivity index (χ4n) is 4.24. The lowest BCUT2D eigenvalue weighted by Gasteiger charge is -2.26. The molecule has 24 heavy (non-hydrogen) atoms. The van der Waals surface area contributed by atoms with Gasteiger partial charge >= 0.3 is 0 Å². The van der Waals surface area contributed by atoms with E-state index in [-0.39, 0.29) is 0 Å². The molecule has 3 heteroatoms. The van der Waals surface area contributed by atoms with E-state index >= 15 is 0 Å². The van der Waals surface area contributed by atoms with Gasteiger partial charge in [-0.25, -0.2) is 4.98 Å². The lowest BCUT2D eigenvalue weighted by molar-refractivity contribution is 0.248. The van der Waals surface area contributed by atoms with Crippen LogP contribution in [0.1, 0.15) is 48.4 Å². The molecule has 1 atom stereocenters. The molecule has 4 rings (SSSR count). The van der Waals surface area contributed by atoms with Crippen molar-refractivity contribution in [1.82, 2.24) is 9.88 Å². The second-order valence-electron chi connectivity index (χ2n) is 7.22. The maximum Gasteiger partial charge on any atom is 0.131 e. The highest BCUT2D eigenvalue weighted by Gasteiger charge is 2.27. The van der Waals surface area contributed by atoms with Gasteiger partial charge in [0.1, 0.15) is 5.82 Å². The molecule has 126 valence electrons. The maximum absolute atomic E-state index is 4.85. The van der Waals surface area contributed by atoms with Crippen LogP contribution < -0.4 is 4.90 Å². The Morgan fingerprint density at radius 1 is 1.04 bits per heavy atom. The number of anilines is 1. The molecule has 0 amide bonds. The summed E-state index contributed by atoms with van der Waals surface area (Å²) in [5, 5.41) is 0. The van der Waals surface area contributed by atoms with Gasteiger partial charge in [0.05, 0.1) is 0 Å². The normalized spacial score (nSPS) is 21.5. The van der Waals surface area contributed by atoms with Crippen molar-refractivity contribution in [1.29, 1.82) is 0 Å². The first-order valence-electron chi connectivity index (χ1n) is 9.31. The Morgan fingerprint density at radius 3 is 2.58 bits per heavy atom. The van der Waals surface area contributed by atoms with Crippen molar-refractivity contribution in [2.24, 2.45) is 0 Å². The Hall–Kier alpha value is -1.87. The van der Waals surface area contributed by atoms with Crippen molar-refractivity contribution in [3.05, 3.63) is 59.3 Å². The molecule has 0 bridgehead atoms. The summed E-state index contributed by atoms with van der Waals surface area (Å²) in [5.74, 6) is 1.20. The van der Waals surface area contributed by atoms with E-state index < -0.39 is 0 Å². The number of hydrogen-bond donors (Lipinski definition) is 0. The molecule has 2 fully saturated rings. The third-order valence-electron chi connectivity index (χ3n) is 5.45. The fraction of sp³-hybridized carbons (Fsp3) is 0.476. The third-order valence-corrected chi connectivity index (χ3v) is 5.45. The Balaban J connectivity index is 1.52.